The maximum absolute atomic E-state index is 14.4. The third-order valence-electron chi connectivity index (χ3n) is 6.44. The van der Waals surface area contributed by atoms with Gasteiger partial charge in [-0.3, -0.25) is 14.9 Å². The molecule has 0 radical (unpaired) electrons. The van der Waals surface area contributed by atoms with E-state index in [0.717, 1.165) is 0 Å². The Labute approximate surface area is 190 Å². The number of imide groups is 1. The van der Waals surface area contributed by atoms with Crippen LogP contribution < -0.4 is 10.6 Å². The van der Waals surface area contributed by atoms with Gasteiger partial charge in [-0.15, -0.1) is 0 Å². The number of methoxy groups -OCH3 is 1. The lowest BCUT2D eigenvalue weighted by Gasteiger charge is -2.41. The molecule has 2 aliphatic rings. The van der Waals surface area contributed by atoms with Gasteiger partial charge in [-0.2, -0.15) is 0 Å². The lowest BCUT2D eigenvalue weighted by Crippen LogP contribution is -2.58. The van der Waals surface area contributed by atoms with E-state index >= 15 is 0 Å². The normalized spacial score (nSPS) is 20.8. The predicted molar refractivity (Wildman–Crippen MR) is 116 cm³/mol. The summed E-state index contributed by atoms with van der Waals surface area (Å²) in [6, 6.07) is 12.0. The van der Waals surface area contributed by atoms with Gasteiger partial charge in [0.05, 0.1) is 18.2 Å². The van der Waals surface area contributed by atoms with Crippen LogP contribution in [0.5, 0.6) is 0 Å². The zero-order valence-corrected chi connectivity index (χ0v) is 18.1. The Bertz CT molecular complexity index is 1110. The number of carbonyl (C=O) groups is 4. The molecule has 0 bridgehead atoms. The SMILES string of the molecule is COC(=O)c1ccccc1C(=O)N1CCC([C@@]2(Cc3ccccc3F)NC(=O)NC2=O)CC1. The summed E-state index contributed by atoms with van der Waals surface area (Å²) < 4.78 is 19.1. The van der Waals surface area contributed by atoms with E-state index in [1.165, 1.54) is 19.2 Å². The van der Waals surface area contributed by atoms with E-state index in [0.29, 0.717) is 31.5 Å². The Kier molecular flexibility index (Phi) is 6.13. The topological polar surface area (TPSA) is 105 Å². The molecule has 2 aromatic carbocycles. The summed E-state index contributed by atoms with van der Waals surface area (Å²) in [7, 11) is 1.25. The van der Waals surface area contributed by atoms with Gasteiger partial charge in [-0.1, -0.05) is 30.3 Å². The molecule has 1 atom stereocenters. The lowest BCUT2D eigenvalue weighted by molar-refractivity contribution is -0.126. The van der Waals surface area contributed by atoms with Crippen molar-refractivity contribution in [1.29, 1.82) is 0 Å². The Balaban J connectivity index is 1.54. The minimum Gasteiger partial charge on any atom is -0.465 e. The van der Waals surface area contributed by atoms with E-state index in [2.05, 4.69) is 10.6 Å². The highest BCUT2D eigenvalue weighted by Crippen LogP contribution is 2.35. The second kappa shape index (κ2) is 9.01. The molecule has 172 valence electrons. The van der Waals surface area contributed by atoms with Crippen molar-refractivity contribution in [3.63, 3.8) is 0 Å². The Hall–Kier alpha value is -3.75. The second-order valence-electron chi connectivity index (χ2n) is 8.25. The molecular formula is C24H24FN3O5. The fraction of sp³-hybridized carbons (Fsp3) is 0.333. The van der Waals surface area contributed by atoms with Crippen LogP contribution in [0.3, 0.4) is 0 Å². The average molecular weight is 453 g/mol. The number of amides is 4. The van der Waals surface area contributed by atoms with Gasteiger partial charge in [0, 0.05) is 19.5 Å². The van der Waals surface area contributed by atoms with Gasteiger partial charge in [0.25, 0.3) is 11.8 Å². The maximum atomic E-state index is 14.4. The first-order valence-electron chi connectivity index (χ1n) is 10.7. The summed E-state index contributed by atoms with van der Waals surface area (Å²) in [6.07, 6.45) is 0.865. The van der Waals surface area contributed by atoms with Crippen molar-refractivity contribution in [2.45, 2.75) is 24.8 Å². The summed E-state index contributed by atoms with van der Waals surface area (Å²) in [5, 5.41) is 5.03. The Morgan fingerprint density at radius 1 is 1.06 bits per heavy atom. The number of piperidine rings is 1. The van der Waals surface area contributed by atoms with Crippen LogP contribution in [0.4, 0.5) is 9.18 Å². The fourth-order valence-corrected chi connectivity index (χ4v) is 4.71. The van der Waals surface area contributed by atoms with Crippen molar-refractivity contribution in [3.8, 4) is 0 Å². The van der Waals surface area contributed by atoms with Crippen LogP contribution in [0.15, 0.2) is 48.5 Å². The first-order chi connectivity index (χ1) is 15.9. The minimum atomic E-state index is -1.29. The number of hydrogen-bond donors (Lipinski definition) is 2. The number of carbonyl (C=O) groups excluding carboxylic acids is 4. The van der Waals surface area contributed by atoms with Crippen LogP contribution in [0.1, 0.15) is 39.1 Å². The van der Waals surface area contributed by atoms with Gasteiger partial charge in [-0.05, 0) is 42.5 Å². The molecule has 2 saturated heterocycles. The number of hydrogen-bond acceptors (Lipinski definition) is 5. The largest absolute Gasteiger partial charge is 0.465 e. The molecule has 0 saturated carbocycles. The van der Waals surface area contributed by atoms with Crippen LogP contribution in [0.25, 0.3) is 0 Å². The number of esters is 1. The highest BCUT2D eigenvalue weighted by atomic mass is 19.1. The second-order valence-corrected chi connectivity index (χ2v) is 8.25. The van der Waals surface area contributed by atoms with Crippen LogP contribution in [-0.2, 0) is 16.0 Å². The van der Waals surface area contributed by atoms with Gasteiger partial charge in [-0.25, -0.2) is 14.0 Å². The summed E-state index contributed by atoms with van der Waals surface area (Å²) in [6.45, 7) is 0.641. The fourth-order valence-electron chi connectivity index (χ4n) is 4.71. The number of rotatable bonds is 5. The number of urea groups is 1. The van der Waals surface area contributed by atoms with Gasteiger partial charge >= 0.3 is 12.0 Å². The number of benzene rings is 2. The molecule has 4 rings (SSSR count). The molecule has 8 nitrogen and oxygen atoms in total. The van der Waals surface area contributed by atoms with Crippen LogP contribution in [-0.4, -0.2) is 54.5 Å². The van der Waals surface area contributed by atoms with Crippen molar-refractivity contribution in [3.05, 3.63) is 71.0 Å². The van der Waals surface area contributed by atoms with Crippen LogP contribution >= 0.6 is 0 Å². The zero-order valence-electron chi connectivity index (χ0n) is 18.1. The van der Waals surface area contributed by atoms with Crippen molar-refractivity contribution in [1.82, 2.24) is 15.5 Å². The first kappa shape index (κ1) is 22.4. The molecule has 2 aromatic rings. The number of likely N-dealkylation sites (tertiary alicyclic amines) is 1. The number of nitrogens with zero attached hydrogens (tertiary/aromatic N) is 1. The monoisotopic (exact) mass is 453 g/mol. The van der Waals surface area contributed by atoms with E-state index in [9.17, 15) is 23.6 Å². The molecule has 2 aliphatic heterocycles. The van der Waals surface area contributed by atoms with Gasteiger partial charge < -0.3 is 15.0 Å². The van der Waals surface area contributed by atoms with Crippen LogP contribution in [0.2, 0.25) is 0 Å². The highest BCUT2D eigenvalue weighted by Gasteiger charge is 2.52. The molecule has 0 unspecified atom stereocenters. The molecule has 4 amide bonds. The third-order valence-corrected chi connectivity index (χ3v) is 6.44. The third kappa shape index (κ3) is 4.18. The summed E-state index contributed by atoms with van der Waals surface area (Å²) in [5.41, 5.74) is -0.528. The molecule has 0 spiro atoms. The van der Waals surface area contributed by atoms with Gasteiger partial charge in [0.2, 0.25) is 0 Å². The van der Waals surface area contributed by atoms with E-state index < -0.39 is 29.3 Å². The minimum absolute atomic E-state index is 0.0149. The number of nitrogens with one attached hydrogen (secondary N) is 2. The van der Waals surface area contributed by atoms with Gasteiger partial charge in [0.1, 0.15) is 11.4 Å². The summed E-state index contributed by atoms with van der Waals surface area (Å²) in [4.78, 5) is 51.7. The van der Waals surface area contributed by atoms with Crippen molar-refractivity contribution in [2.75, 3.05) is 20.2 Å². The molecule has 2 heterocycles. The van der Waals surface area contributed by atoms with Gasteiger partial charge in [0.15, 0.2) is 0 Å². The molecule has 2 N–H and O–H groups in total. The maximum Gasteiger partial charge on any atom is 0.338 e. The quantitative estimate of drug-likeness (QED) is 0.534. The van der Waals surface area contributed by atoms with E-state index in [1.807, 2.05) is 0 Å². The molecule has 33 heavy (non-hydrogen) atoms. The zero-order chi connectivity index (χ0) is 23.6. The Morgan fingerprint density at radius 2 is 1.70 bits per heavy atom. The van der Waals surface area contributed by atoms with Crippen molar-refractivity contribution >= 4 is 23.8 Å². The number of halogens is 1. The van der Waals surface area contributed by atoms with E-state index in [1.54, 1.807) is 41.3 Å². The predicted octanol–water partition coefficient (Wildman–Crippen LogP) is 2.29. The highest BCUT2D eigenvalue weighted by molar-refractivity contribution is 6.07. The molecular weight excluding hydrogens is 429 g/mol. The molecule has 9 heteroatoms. The molecule has 0 aromatic heterocycles. The summed E-state index contributed by atoms with van der Waals surface area (Å²) >= 11 is 0. The van der Waals surface area contributed by atoms with Crippen LogP contribution in [0, 0.1) is 11.7 Å². The number of ether oxygens (including phenoxy) is 1. The van der Waals surface area contributed by atoms with Crippen molar-refractivity contribution in [2.24, 2.45) is 5.92 Å². The Morgan fingerprint density at radius 3 is 2.30 bits per heavy atom. The van der Waals surface area contributed by atoms with Crippen molar-refractivity contribution < 1.29 is 28.3 Å². The standard InChI is InChI=1S/C24H24FN3O5/c1-33-21(30)18-8-4-3-7-17(18)20(29)28-12-10-16(11-13-28)24(22(31)26-23(32)27-24)14-15-6-2-5-9-19(15)25/h2-9,16H,10-14H2,1H3,(H2,26,27,31,32)/t24-/m1/s1. The molecule has 0 aliphatic carbocycles. The summed E-state index contributed by atoms with van der Waals surface area (Å²) in [5.74, 6) is -2.14. The first-order valence-corrected chi connectivity index (χ1v) is 10.7. The lowest BCUT2D eigenvalue weighted by atomic mass is 9.74. The average Bonchev–Trinajstić information content (AvgIpc) is 3.13. The smallest absolute Gasteiger partial charge is 0.338 e. The van der Waals surface area contributed by atoms with E-state index in [4.69, 9.17) is 4.74 Å². The molecule has 2 fully saturated rings. The van der Waals surface area contributed by atoms with E-state index in [-0.39, 0.29) is 29.4 Å².